The van der Waals surface area contributed by atoms with Crippen molar-refractivity contribution in [3.63, 3.8) is 0 Å². The Morgan fingerprint density at radius 3 is 2.83 bits per heavy atom. The molecule has 5 atom stereocenters. The van der Waals surface area contributed by atoms with E-state index in [9.17, 15) is 9.00 Å². The summed E-state index contributed by atoms with van der Waals surface area (Å²) in [5.41, 5.74) is 0.930. The first-order chi connectivity index (χ1) is 11.2. The fourth-order valence-electron chi connectivity index (χ4n) is 3.93. The zero-order valence-electron chi connectivity index (χ0n) is 12.8. The zero-order valence-corrected chi connectivity index (χ0v) is 13.6. The van der Waals surface area contributed by atoms with Gasteiger partial charge in [-0.1, -0.05) is 31.2 Å². The molecular formula is C18H18O4S. The highest BCUT2D eigenvalue weighted by Gasteiger charge is 2.68. The molecule has 23 heavy (non-hydrogen) atoms. The van der Waals surface area contributed by atoms with Crippen LogP contribution in [0.25, 0.3) is 0 Å². The quantitative estimate of drug-likeness (QED) is 0.800. The molecule has 0 N–H and O–H groups in total. The average Bonchev–Trinajstić information content (AvgIpc) is 3.17. The molecule has 0 radical (unpaired) electrons. The van der Waals surface area contributed by atoms with E-state index in [0.717, 1.165) is 5.57 Å². The topological polar surface area (TPSA) is 52.6 Å². The third-order valence-corrected chi connectivity index (χ3v) is 7.02. The lowest BCUT2D eigenvalue weighted by molar-refractivity contribution is -0.144. The number of rotatable bonds is 3. The van der Waals surface area contributed by atoms with E-state index in [2.05, 4.69) is 6.08 Å². The van der Waals surface area contributed by atoms with Crippen molar-refractivity contribution in [1.82, 2.24) is 0 Å². The van der Waals surface area contributed by atoms with Gasteiger partial charge in [-0.2, -0.15) is 0 Å². The third-order valence-electron chi connectivity index (χ3n) is 5.02. The molecule has 1 saturated heterocycles. The maximum absolute atomic E-state index is 13.5. The van der Waals surface area contributed by atoms with Gasteiger partial charge in [0.05, 0.1) is 17.1 Å². The lowest BCUT2D eigenvalue weighted by atomic mass is 9.75. The Bertz CT molecular complexity index is 724. The van der Waals surface area contributed by atoms with Crippen LogP contribution in [0.3, 0.4) is 0 Å². The molecule has 120 valence electrons. The Kier molecular flexibility index (Phi) is 3.41. The standard InChI is InChI=1S/C18H18O4S/c1-2-15-14-9-8-12-10-11-21-16(12)18(14,17(19)22-15)23(20)13-6-4-3-5-7-13/h3-8,10-11,14-16H,2,9H2,1H3. The number of hydrogen-bond donors (Lipinski definition) is 0. The molecule has 1 fully saturated rings. The highest BCUT2D eigenvalue weighted by Crippen LogP contribution is 2.51. The van der Waals surface area contributed by atoms with E-state index in [4.69, 9.17) is 9.47 Å². The second kappa shape index (κ2) is 5.34. The summed E-state index contributed by atoms with van der Waals surface area (Å²) in [6, 6.07) is 9.15. The molecule has 4 rings (SSSR count). The summed E-state index contributed by atoms with van der Waals surface area (Å²) >= 11 is 0. The summed E-state index contributed by atoms with van der Waals surface area (Å²) in [5.74, 6) is -0.523. The van der Waals surface area contributed by atoms with Crippen molar-refractivity contribution in [2.45, 2.75) is 41.6 Å². The minimum absolute atomic E-state index is 0.130. The first-order valence-electron chi connectivity index (χ1n) is 7.89. The number of esters is 1. The SMILES string of the molecule is CCC1OC(=O)C2(S(=O)c3ccccc3)C3OC=CC3=CCC12. The minimum Gasteiger partial charge on any atom is -0.491 e. The van der Waals surface area contributed by atoms with E-state index in [1.807, 2.05) is 31.2 Å². The van der Waals surface area contributed by atoms with E-state index >= 15 is 0 Å². The van der Waals surface area contributed by atoms with Gasteiger partial charge in [0.25, 0.3) is 0 Å². The predicted molar refractivity (Wildman–Crippen MR) is 86.0 cm³/mol. The number of fused-ring (bicyclic) bond motifs is 3. The van der Waals surface area contributed by atoms with Crippen molar-refractivity contribution < 1.29 is 18.5 Å². The van der Waals surface area contributed by atoms with Crippen molar-refractivity contribution in [3.8, 4) is 0 Å². The van der Waals surface area contributed by atoms with Crippen LogP contribution in [-0.4, -0.2) is 27.1 Å². The third kappa shape index (κ3) is 1.89. The largest absolute Gasteiger partial charge is 0.491 e. The van der Waals surface area contributed by atoms with Gasteiger partial charge in [-0.15, -0.1) is 0 Å². The summed E-state index contributed by atoms with van der Waals surface area (Å²) < 4.78 is 23.7. The van der Waals surface area contributed by atoms with Crippen LogP contribution in [0, 0.1) is 5.92 Å². The molecule has 1 aromatic rings. The number of hydrogen-bond acceptors (Lipinski definition) is 4. The van der Waals surface area contributed by atoms with Gasteiger partial charge in [0, 0.05) is 10.8 Å². The average molecular weight is 330 g/mol. The van der Waals surface area contributed by atoms with Crippen molar-refractivity contribution in [1.29, 1.82) is 0 Å². The monoisotopic (exact) mass is 330 g/mol. The maximum atomic E-state index is 13.5. The molecule has 0 saturated carbocycles. The van der Waals surface area contributed by atoms with Crippen LogP contribution in [0.1, 0.15) is 19.8 Å². The van der Waals surface area contributed by atoms with Gasteiger partial charge in [-0.05, 0) is 36.6 Å². The van der Waals surface area contributed by atoms with E-state index < -0.39 is 27.6 Å². The van der Waals surface area contributed by atoms with Crippen LogP contribution in [0.4, 0.5) is 0 Å². The number of cyclic esters (lactones) is 1. The Hall–Kier alpha value is -1.88. The normalized spacial score (nSPS) is 35.8. The molecule has 0 spiro atoms. The Morgan fingerprint density at radius 1 is 1.30 bits per heavy atom. The van der Waals surface area contributed by atoms with E-state index in [1.165, 1.54) is 0 Å². The molecule has 2 aliphatic heterocycles. The Morgan fingerprint density at radius 2 is 2.09 bits per heavy atom. The number of benzene rings is 1. The molecule has 1 aliphatic carbocycles. The number of carbonyl (C=O) groups is 1. The summed E-state index contributed by atoms with van der Waals surface area (Å²) in [6.07, 6.45) is 6.20. The van der Waals surface area contributed by atoms with Gasteiger partial charge in [0.1, 0.15) is 6.10 Å². The number of ether oxygens (including phenoxy) is 2. The summed E-state index contributed by atoms with van der Waals surface area (Å²) in [5, 5.41) is 0. The van der Waals surface area contributed by atoms with E-state index in [-0.39, 0.29) is 12.0 Å². The first kappa shape index (κ1) is 14.7. The predicted octanol–water partition coefficient (Wildman–Crippen LogP) is 2.73. The van der Waals surface area contributed by atoms with Crippen molar-refractivity contribution in [2.24, 2.45) is 5.92 Å². The zero-order chi connectivity index (χ0) is 16.0. The molecule has 1 aromatic carbocycles. The van der Waals surface area contributed by atoms with Gasteiger partial charge in [0.2, 0.25) is 0 Å². The Balaban J connectivity index is 1.88. The highest BCUT2D eigenvalue weighted by atomic mass is 32.2. The highest BCUT2D eigenvalue weighted by molar-refractivity contribution is 7.87. The van der Waals surface area contributed by atoms with Crippen molar-refractivity contribution in [2.75, 3.05) is 0 Å². The van der Waals surface area contributed by atoms with Crippen LogP contribution in [0.2, 0.25) is 0 Å². The maximum Gasteiger partial charge on any atom is 0.330 e. The smallest absolute Gasteiger partial charge is 0.330 e. The van der Waals surface area contributed by atoms with E-state index in [1.54, 1.807) is 18.4 Å². The van der Waals surface area contributed by atoms with Gasteiger partial charge in [-0.3, -0.25) is 9.00 Å². The lowest BCUT2D eigenvalue weighted by Crippen LogP contribution is -2.57. The molecule has 5 heteroatoms. The molecule has 0 amide bonds. The Labute approximate surface area is 137 Å². The van der Waals surface area contributed by atoms with Gasteiger partial charge >= 0.3 is 5.97 Å². The van der Waals surface area contributed by atoms with E-state index in [0.29, 0.717) is 17.7 Å². The van der Waals surface area contributed by atoms with Gasteiger partial charge in [-0.25, -0.2) is 0 Å². The second-order valence-electron chi connectivity index (χ2n) is 6.09. The molecule has 3 aliphatic rings. The summed E-state index contributed by atoms with van der Waals surface area (Å²) in [7, 11) is -1.54. The molecule has 5 unspecified atom stereocenters. The molecule has 0 aromatic heterocycles. The molecule has 0 bridgehead atoms. The molecule has 2 heterocycles. The van der Waals surface area contributed by atoms with Crippen LogP contribution < -0.4 is 0 Å². The minimum atomic E-state index is -1.54. The molecular weight excluding hydrogens is 312 g/mol. The van der Waals surface area contributed by atoms with Gasteiger partial charge in [0.15, 0.2) is 10.9 Å². The van der Waals surface area contributed by atoms with Crippen LogP contribution >= 0.6 is 0 Å². The van der Waals surface area contributed by atoms with Crippen molar-refractivity contribution in [3.05, 3.63) is 54.3 Å². The van der Waals surface area contributed by atoms with Crippen LogP contribution in [0.5, 0.6) is 0 Å². The number of allylic oxidation sites excluding steroid dienone is 1. The summed E-state index contributed by atoms with van der Waals surface area (Å²) in [4.78, 5) is 13.5. The fourth-order valence-corrected chi connectivity index (χ4v) is 5.84. The second-order valence-corrected chi connectivity index (χ2v) is 7.78. The summed E-state index contributed by atoms with van der Waals surface area (Å²) in [6.45, 7) is 1.99. The van der Waals surface area contributed by atoms with Crippen LogP contribution in [-0.2, 0) is 25.1 Å². The lowest BCUT2D eigenvalue weighted by Gasteiger charge is -2.38. The van der Waals surface area contributed by atoms with Crippen LogP contribution in [0.15, 0.2) is 59.2 Å². The van der Waals surface area contributed by atoms with Gasteiger partial charge < -0.3 is 9.47 Å². The first-order valence-corrected chi connectivity index (χ1v) is 9.04. The number of carbonyl (C=O) groups excluding carboxylic acids is 1. The van der Waals surface area contributed by atoms with Crippen molar-refractivity contribution >= 4 is 16.8 Å². The fraction of sp³-hybridized carbons (Fsp3) is 0.389. The molecule has 4 nitrogen and oxygen atoms in total.